The van der Waals surface area contributed by atoms with Gasteiger partial charge >= 0.3 is 0 Å². The van der Waals surface area contributed by atoms with E-state index < -0.39 is 0 Å². The van der Waals surface area contributed by atoms with Crippen LogP contribution in [0.25, 0.3) is 10.9 Å². The molecule has 0 aliphatic heterocycles. The average molecular weight is 370 g/mol. The number of hydrogen-bond donors (Lipinski definition) is 1. The summed E-state index contributed by atoms with van der Waals surface area (Å²) < 4.78 is 19.4. The summed E-state index contributed by atoms with van der Waals surface area (Å²) >= 11 is 0. The van der Waals surface area contributed by atoms with E-state index in [0.717, 1.165) is 0 Å². The third kappa shape index (κ3) is 5.10. The first-order valence-electron chi connectivity index (χ1n) is 8.61. The standard InChI is InChI=1S/C19H19FN4O3/c20-14-6-8-15(9-7-14)27-13-3-11-21-18(25)10-12-24-19(26)16-4-1-2-5-17(16)22-23-24/h1-2,4-9H,3,10-13H2,(H,21,25). The number of amides is 1. The van der Waals surface area contributed by atoms with Crippen molar-refractivity contribution < 1.29 is 13.9 Å². The minimum Gasteiger partial charge on any atom is -0.494 e. The molecule has 0 spiro atoms. The summed E-state index contributed by atoms with van der Waals surface area (Å²) in [6.07, 6.45) is 0.741. The van der Waals surface area contributed by atoms with Gasteiger partial charge in [0.1, 0.15) is 17.1 Å². The maximum atomic E-state index is 12.8. The molecular weight excluding hydrogens is 351 g/mol. The number of halogens is 1. The first kappa shape index (κ1) is 18.5. The number of nitrogens with zero attached hydrogens (tertiary/aromatic N) is 3. The van der Waals surface area contributed by atoms with Gasteiger partial charge in [-0.05, 0) is 42.8 Å². The van der Waals surface area contributed by atoms with Crippen molar-refractivity contribution in [2.24, 2.45) is 0 Å². The summed E-state index contributed by atoms with van der Waals surface area (Å²) in [4.78, 5) is 24.2. The van der Waals surface area contributed by atoms with Crippen LogP contribution in [0.2, 0.25) is 0 Å². The van der Waals surface area contributed by atoms with Gasteiger partial charge in [-0.3, -0.25) is 9.59 Å². The lowest BCUT2D eigenvalue weighted by Crippen LogP contribution is -2.30. The van der Waals surface area contributed by atoms with E-state index in [4.69, 9.17) is 4.74 Å². The van der Waals surface area contributed by atoms with E-state index in [-0.39, 0.29) is 30.2 Å². The molecule has 1 amide bonds. The van der Waals surface area contributed by atoms with Gasteiger partial charge in [-0.1, -0.05) is 17.3 Å². The smallest absolute Gasteiger partial charge is 0.277 e. The van der Waals surface area contributed by atoms with Gasteiger partial charge in [0.05, 0.1) is 18.5 Å². The van der Waals surface area contributed by atoms with Gasteiger partial charge in [-0.25, -0.2) is 9.07 Å². The minimum absolute atomic E-state index is 0.131. The zero-order valence-electron chi connectivity index (χ0n) is 14.6. The molecule has 0 radical (unpaired) electrons. The van der Waals surface area contributed by atoms with Gasteiger partial charge in [0.25, 0.3) is 5.56 Å². The summed E-state index contributed by atoms with van der Waals surface area (Å²) in [6, 6.07) is 12.7. The maximum absolute atomic E-state index is 12.8. The quantitative estimate of drug-likeness (QED) is 0.612. The summed E-state index contributed by atoms with van der Waals surface area (Å²) in [5.74, 6) is 0.0837. The molecule has 2 aromatic carbocycles. The summed E-state index contributed by atoms with van der Waals surface area (Å²) in [5.41, 5.74) is 0.269. The Labute approximate surface area is 154 Å². The largest absolute Gasteiger partial charge is 0.494 e. The van der Waals surface area contributed by atoms with E-state index in [9.17, 15) is 14.0 Å². The zero-order chi connectivity index (χ0) is 19.1. The number of hydrogen-bond acceptors (Lipinski definition) is 5. The Morgan fingerprint density at radius 1 is 1.15 bits per heavy atom. The molecular formula is C19H19FN4O3. The first-order valence-corrected chi connectivity index (χ1v) is 8.61. The van der Waals surface area contributed by atoms with E-state index in [0.29, 0.717) is 36.2 Å². The highest BCUT2D eigenvalue weighted by atomic mass is 19.1. The van der Waals surface area contributed by atoms with Crippen LogP contribution in [0.5, 0.6) is 5.75 Å². The number of benzene rings is 2. The normalized spacial score (nSPS) is 10.7. The molecule has 0 aliphatic carbocycles. The molecule has 3 aromatic rings. The predicted molar refractivity (Wildman–Crippen MR) is 97.9 cm³/mol. The number of aryl methyl sites for hydroxylation is 1. The molecule has 7 nitrogen and oxygen atoms in total. The second-order valence-corrected chi connectivity index (χ2v) is 5.89. The molecule has 1 aromatic heterocycles. The number of aromatic nitrogens is 3. The van der Waals surface area contributed by atoms with Gasteiger partial charge in [0.2, 0.25) is 5.91 Å². The Balaban J connectivity index is 1.39. The van der Waals surface area contributed by atoms with E-state index in [1.807, 2.05) is 0 Å². The molecule has 8 heteroatoms. The molecule has 0 saturated carbocycles. The lowest BCUT2D eigenvalue weighted by molar-refractivity contribution is -0.121. The van der Waals surface area contributed by atoms with Crippen molar-refractivity contribution in [1.29, 1.82) is 0 Å². The van der Waals surface area contributed by atoms with Gasteiger partial charge in [0, 0.05) is 13.0 Å². The summed E-state index contributed by atoms with van der Waals surface area (Å²) in [7, 11) is 0. The van der Waals surface area contributed by atoms with Crippen LogP contribution in [0.1, 0.15) is 12.8 Å². The molecule has 0 atom stereocenters. The lowest BCUT2D eigenvalue weighted by Gasteiger charge is -2.08. The number of rotatable bonds is 8. The van der Waals surface area contributed by atoms with Crippen molar-refractivity contribution in [3.05, 3.63) is 64.7 Å². The molecule has 0 bridgehead atoms. The van der Waals surface area contributed by atoms with Gasteiger partial charge < -0.3 is 10.1 Å². The van der Waals surface area contributed by atoms with E-state index >= 15 is 0 Å². The molecule has 0 saturated heterocycles. The first-order chi connectivity index (χ1) is 13.1. The Bertz CT molecular complexity index is 973. The molecule has 27 heavy (non-hydrogen) atoms. The van der Waals surface area contributed by atoms with Crippen LogP contribution < -0.4 is 15.6 Å². The van der Waals surface area contributed by atoms with Crippen LogP contribution in [-0.4, -0.2) is 34.1 Å². The Morgan fingerprint density at radius 2 is 1.93 bits per heavy atom. The number of nitrogens with one attached hydrogen (secondary N) is 1. The molecule has 1 heterocycles. The van der Waals surface area contributed by atoms with Crippen molar-refractivity contribution in [1.82, 2.24) is 20.3 Å². The minimum atomic E-state index is -0.315. The Kier molecular flexibility index (Phi) is 6.09. The van der Waals surface area contributed by atoms with Crippen LogP contribution in [0, 0.1) is 5.82 Å². The average Bonchev–Trinajstić information content (AvgIpc) is 2.69. The number of ether oxygens (including phenoxy) is 1. The van der Waals surface area contributed by atoms with Gasteiger partial charge in [0.15, 0.2) is 0 Å². The molecule has 1 N–H and O–H groups in total. The number of carbonyl (C=O) groups excluding carboxylic acids is 1. The van der Waals surface area contributed by atoms with Crippen LogP contribution >= 0.6 is 0 Å². The van der Waals surface area contributed by atoms with Crippen molar-refractivity contribution in [2.45, 2.75) is 19.4 Å². The monoisotopic (exact) mass is 370 g/mol. The van der Waals surface area contributed by atoms with Crippen molar-refractivity contribution in [3.63, 3.8) is 0 Å². The highest BCUT2D eigenvalue weighted by Crippen LogP contribution is 2.11. The second-order valence-electron chi connectivity index (χ2n) is 5.89. The zero-order valence-corrected chi connectivity index (χ0v) is 14.6. The third-order valence-corrected chi connectivity index (χ3v) is 3.91. The molecule has 140 valence electrons. The van der Waals surface area contributed by atoms with Crippen LogP contribution in [0.15, 0.2) is 53.3 Å². The van der Waals surface area contributed by atoms with E-state index in [1.54, 1.807) is 36.4 Å². The van der Waals surface area contributed by atoms with Gasteiger partial charge in [-0.2, -0.15) is 0 Å². The SMILES string of the molecule is O=C(CCn1nnc2ccccc2c1=O)NCCCOc1ccc(F)cc1. The fourth-order valence-electron chi connectivity index (χ4n) is 2.49. The lowest BCUT2D eigenvalue weighted by atomic mass is 10.2. The van der Waals surface area contributed by atoms with E-state index in [1.165, 1.54) is 16.8 Å². The highest BCUT2D eigenvalue weighted by Gasteiger charge is 2.07. The fourth-order valence-corrected chi connectivity index (χ4v) is 2.49. The van der Waals surface area contributed by atoms with Crippen LogP contribution in [-0.2, 0) is 11.3 Å². The predicted octanol–water partition coefficient (Wildman–Crippen LogP) is 1.91. The van der Waals surface area contributed by atoms with Crippen molar-refractivity contribution in [2.75, 3.05) is 13.2 Å². The maximum Gasteiger partial charge on any atom is 0.277 e. The van der Waals surface area contributed by atoms with Crippen molar-refractivity contribution in [3.8, 4) is 5.75 Å². The van der Waals surface area contributed by atoms with Gasteiger partial charge in [-0.15, -0.1) is 5.10 Å². The second kappa shape index (κ2) is 8.88. The third-order valence-electron chi connectivity index (χ3n) is 3.91. The Hall–Kier alpha value is -3.29. The van der Waals surface area contributed by atoms with Crippen LogP contribution in [0.4, 0.5) is 4.39 Å². The van der Waals surface area contributed by atoms with E-state index in [2.05, 4.69) is 15.6 Å². The summed E-state index contributed by atoms with van der Waals surface area (Å²) in [6.45, 7) is 1.01. The number of carbonyl (C=O) groups is 1. The topological polar surface area (TPSA) is 86.1 Å². The van der Waals surface area contributed by atoms with Crippen LogP contribution in [0.3, 0.4) is 0 Å². The molecule has 0 aliphatic rings. The highest BCUT2D eigenvalue weighted by molar-refractivity contribution is 5.77. The molecule has 3 rings (SSSR count). The number of fused-ring (bicyclic) bond motifs is 1. The summed E-state index contributed by atoms with van der Waals surface area (Å²) in [5, 5.41) is 11.1. The molecule has 0 unspecified atom stereocenters. The fraction of sp³-hybridized carbons (Fsp3) is 0.263. The molecule has 0 fully saturated rings. The Morgan fingerprint density at radius 3 is 2.74 bits per heavy atom. The van der Waals surface area contributed by atoms with Crippen molar-refractivity contribution >= 4 is 16.8 Å².